The van der Waals surface area contributed by atoms with E-state index in [0.717, 1.165) is 0 Å². The molecule has 0 saturated carbocycles. The molecule has 2 amide bonds. The zero-order valence-corrected chi connectivity index (χ0v) is 7.84. The Morgan fingerprint density at radius 1 is 1.62 bits per heavy atom. The van der Waals surface area contributed by atoms with Crippen LogP contribution in [0.4, 0.5) is 4.79 Å². The summed E-state index contributed by atoms with van der Waals surface area (Å²) in [5.41, 5.74) is 6.68. The van der Waals surface area contributed by atoms with Gasteiger partial charge in [0.25, 0.3) is 0 Å². The van der Waals surface area contributed by atoms with Gasteiger partial charge >= 0.3 is 6.03 Å². The van der Waals surface area contributed by atoms with Gasteiger partial charge in [-0.1, -0.05) is 0 Å². The number of hydrogen-bond acceptors (Lipinski definition) is 4. The Morgan fingerprint density at radius 3 is 2.77 bits per heavy atom. The number of amides is 2. The fraction of sp³-hybridized carbons (Fsp3) is 0.833. The molecule has 0 radical (unpaired) electrons. The molecule has 13 heavy (non-hydrogen) atoms. The maximum absolute atomic E-state index is 11.0. The minimum absolute atomic E-state index is 0.0307. The largest absolute Gasteiger partial charge is 0.350 e. The Kier molecular flexibility index (Phi) is 3.10. The van der Waals surface area contributed by atoms with Crippen molar-refractivity contribution in [1.29, 1.82) is 0 Å². The third kappa shape index (κ3) is 3.60. The normalized spacial score (nSPS) is 25.7. The molecule has 3 N–H and O–H groups in total. The zero-order valence-electron chi connectivity index (χ0n) is 7.02. The Morgan fingerprint density at radius 2 is 2.31 bits per heavy atom. The van der Waals surface area contributed by atoms with Gasteiger partial charge in [0.05, 0.1) is 18.1 Å². The molecular formula is C6H12N2O4S. The van der Waals surface area contributed by atoms with Crippen LogP contribution < -0.4 is 11.2 Å². The average Bonchev–Trinajstić information content (AvgIpc) is 2.29. The predicted molar refractivity (Wildman–Crippen MR) is 45.4 cm³/mol. The van der Waals surface area contributed by atoms with Gasteiger partial charge in [-0.25, -0.2) is 18.7 Å². The number of carbonyl (C=O) groups is 1. The van der Waals surface area contributed by atoms with E-state index < -0.39 is 15.9 Å². The van der Waals surface area contributed by atoms with Crippen LogP contribution in [0.3, 0.4) is 0 Å². The summed E-state index contributed by atoms with van der Waals surface area (Å²) in [6, 6.07) is -0.777. The highest BCUT2D eigenvalue weighted by atomic mass is 32.2. The maximum Gasteiger partial charge on any atom is 0.336 e. The molecule has 0 bridgehead atoms. The second-order valence-corrected chi connectivity index (χ2v) is 5.28. The minimum Gasteiger partial charge on any atom is -0.350 e. The quantitative estimate of drug-likeness (QED) is 0.582. The lowest BCUT2D eigenvalue weighted by atomic mass is 10.1. The van der Waals surface area contributed by atoms with E-state index >= 15 is 0 Å². The van der Waals surface area contributed by atoms with Gasteiger partial charge in [0, 0.05) is 0 Å². The molecule has 0 aliphatic carbocycles. The van der Waals surface area contributed by atoms with Gasteiger partial charge in [0.2, 0.25) is 0 Å². The number of nitrogens with two attached hydrogens (primary N) is 1. The van der Waals surface area contributed by atoms with Crippen LogP contribution in [0, 0.1) is 5.92 Å². The van der Waals surface area contributed by atoms with Gasteiger partial charge in [0.1, 0.15) is 0 Å². The van der Waals surface area contributed by atoms with Gasteiger partial charge in [-0.2, -0.15) is 0 Å². The van der Waals surface area contributed by atoms with E-state index in [1.165, 1.54) is 0 Å². The number of primary amides is 1. The number of hydroxylamine groups is 1. The molecule has 1 aliphatic heterocycles. The molecule has 1 heterocycles. The second-order valence-electron chi connectivity index (χ2n) is 3.05. The monoisotopic (exact) mass is 208 g/mol. The maximum atomic E-state index is 11.0. The zero-order chi connectivity index (χ0) is 9.90. The summed E-state index contributed by atoms with van der Waals surface area (Å²) in [6.07, 6.45) is 0.586. The van der Waals surface area contributed by atoms with Crippen molar-refractivity contribution >= 4 is 15.9 Å². The Bertz CT molecular complexity index is 287. The molecule has 1 saturated heterocycles. The molecule has 1 atom stereocenters. The number of nitrogens with one attached hydrogen (secondary N) is 1. The van der Waals surface area contributed by atoms with Crippen LogP contribution in [0.2, 0.25) is 0 Å². The first-order chi connectivity index (χ1) is 5.99. The van der Waals surface area contributed by atoms with Crippen LogP contribution in [-0.4, -0.2) is 32.6 Å². The highest BCUT2D eigenvalue weighted by molar-refractivity contribution is 7.91. The molecule has 1 rings (SSSR count). The molecule has 1 fully saturated rings. The molecule has 7 heteroatoms. The van der Waals surface area contributed by atoms with Crippen LogP contribution in [-0.2, 0) is 14.7 Å². The summed E-state index contributed by atoms with van der Waals surface area (Å²) < 4.78 is 21.9. The molecular weight excluding hydrogens is 196 g/mol. The lowest BCUT2D eigenvalue weighted by Gasteiger charge is -2.06. The van der Waals surface area contributed by atoms with Gasteiger partial charge in [-0.15, -0.1) is 0 Å². The van der Waals surface area contributed by atoms with Crippen molar-refractivity contribution in [2.45, 2.75) is 6.42 Å². The summed E-state index contributed by atoms with van der Waals surface area (Å²) in [5, 5.41) is 0. The third-order valence-corrected chi connectivity index (χ3v) is 3.66. The Hall–Kier alpha value is -0.820. The van der Waals surface area contributed by atoms with E-state index in [2.05, 4.69) is 4.84 Å². The van der Waals surface area contributed by atoms with Crippen LogP contribution in [0.25, 0.3) is 0 Å². The van der Waals surface area contributed by atoms with Crippen molar-refractivity contribution in [2.24, 2.45) is 11.7 Å². The topological polar surface area (TPSA) is 98.5 Å². The third-order valence-electron chi connectivity index (χ3n) is 1.82. The Balaban J connectivity index is 2.22. The standard InChI is InChI=1S/C6H12N2O4S/c7-6(9)8-12-3-5-1-2-13(10,11)4-5/h5H,1-4H2,(H3,7,8,9). The second kappa shape index (κ2) is 3.93. The fourth-order valence-corrected chi connectivity index (χ4v) is 3.07. The fourth-order valence-electron chi connectivity index (χ4n) is 1.23. The summed E-state index contributed by atoms with van der Waals surface area (Å²) in [7, 11) is -2.87. The average molecular weight is 208 g/mol. The van der Waals surface area contributed by atoms with Crippen LogP contribution in [0.15, 0.2) is 0 Å². The molecule has 6 nitrogen and oxygen atoms in total. The summed E-state index contributed by atoms with van der Waals surface area (Å²) in [5.74, 6) is 0.308. The van der Waals surface area contributed by atoms with Crippen molar-refractivity contribution in [3.63, 3.8) is 0 Å². The van der Waals surface area contributed by atoms with E-state index in [0.29, 0.717) is 6.42 Å². The summed E-state index contributed by atoms with van der Waals surface area (Å²) in [6.45, 7) is 0.197. The number of hydrogen-bond donors (Lipinski definition) is 2. The van der Waals surface area contributed by atoms with Gasteiger partial charge in [-0.3, -0.25) is 4.84 Å². The van der Waals surface area contributed by atoms with Crippen molar-refractivity contribution < 1.29 is 18.0 Å². The molecule has 76 valence electrons. The van der Waals surface area contributed by atoms with Gasteiger partial charge in [0.15, 0.2) is 9.84 Å². The number of urea groups is 1. The molecule has 0 aromatic rings. The highest BCUT2D eigenvalue weighted by Gasteiger charge is 2.27. The van der Waals surface area contributed by atoms with E-state index in [-0.39, 0.29) is 24.0 Å². The number of rotatable bonds is 3. The Labute approximate surface area is 76.3 Å². The van der Waals surface area contributed by atoms with Crippen LogP contribution in [0.5, 0.6) is 0 Å². The van der Waals surface area contributed by atoms with Crippen LogP contribution in [0.1, 0.15) is 6.42 Å². The first kappa shape index (κ1) is 10.3. The number of carbonyl (C=O) groups excluding carboxylic acids is 1. The van der Waals surface area contributed by atoms with E-state index in [1.807, 2.05) is 5.48 Å². The SMILES string of the molecule is NC(=O)NOCC1CCS(=O)(=O)C1. The predicted octanol–water partition coefficient (Wildman–Crippen LogP) is -0.979. The molecule has 1 unspecified atom stereocenters. The molecule has 1 aliphatic rings. The summed E-state index contributed by atoms with van der Waals surface area (Å²) in [4.78, 5) is 14.9. The van der Waals surface area contributed by atoms with Gasteiger partial charge in [-0.05, 0) is 12.3 Å². The van der Waals surface area contributed by atoms with E-state index in [1.54, 1.807) is 0 Å². The molecule has 0 aromatic heterocycles. The van der Waals surface area contributed by atoms with Gasteiger partial charge < -0.3 is 5.73 Å². The van der Waals surface area contributed by atoms with Crippen molar-refractivity contribution in [3.8, 4) is 0 Å². The van der Waals surface area contributed by atoms with Crippen molar-refractivity contribution in [3.05, 3.63) is 0 Å². The highest BCUT2D eigenvalue weighted by Crippen LogP contribution is 2.17. The van der Waals surface area contributed by atoms with Crippen molar-refractivity contribution in [1.82, 2.24) is 5.48 Å². The lowest BCUT2D eigenvalue weighted by molar-refractivity contribution is 0.0447. The minimum atomic E-state index is -2.87. The first-order valence-corrected chi connectivity index (χ1v) is 5.69. The lowest BCUT2D eigenvalue weighted by Crippen LogP contribution is -2.31. The van der Waals surface area contributed by atoms with E-state index in [9.17, 15) is 13.2 Å². The molecule has 0 spiro atoms. The van der Waals surface area contributed by atoms with Crippen molar-refractivity contribution in [2.75, 3.05) is 18.1 Å². The van der Waals surface area contributed by atoms with E-state index in [4.69, 9.17) is 5.73 Å². The number of sulfone groups is 1. The van der Waals surface area contributed by atoms with Crippen LogP contribution >= 0.6 is 0 Å². The smallest absolute Gasteiger partial charge is 0.336 e. The molecule has 0 aromatic carbocycles. The first-order valence-electron chi connectivity index (χ1n) is 3.87. The summed E-state index contributed by atoms with van der Waals surface area (Å²) >= 11 is 0.